The molecule has 92 valence electrons. The smallest absolute Gasteiger partial charge is 0.160 e. The molecule has 0 radical (unpaired) electrons. The third-order valence-corrected chi connectivity index (χ3v) is 2.90. The second-order valence-corrected chi connectivity index (χ2v) is 4.07. The van der Waals surface area contributed by atoms with Crippen LogP contribution in [0.4, 0.5) is 0 Å². The van der Waals surface area contributed by atoms with E-state index in [1.54, 1.807) is 13.2 Å². The molecule has 1 fully saturated rings. The molecule has 2 rings (SSSR count). The van der Waals surface area contributed by atoms with Gasteiger partial charge in [0, 0.05) is 13.5 Å². The summed E-state index contributed by atoms with van der Waals surface area (Å²) in [5, 5.41) is 0. The van der Waals surface area contributed by atoms with Crippen LogP contribution < -0.4 is 0 Å². The summed E-state index contributed by atoms with van der Waals surface area (Å²) in [5.74, 6) is 0. The van der Waals surface area contributed by atoms with E-state index in [2.05, 4.69) is 6.58 Å². The van der Waals surface area contributed by atoms with E-state index in [0.717, 1.165) is 12.0 Å². The van der Waals surface area contributed by atoms with Crippen molar-refractivity contribution in [3.05, 3.63) is 48.6 Å². The first-order chi connectivity index (χ1) is 8.33. The molecule has 0 aromatic heterocycles. The molecular formula is C14H18O3. The highest BCUT2D eigenvalue weighted by molar-refractivity contribution is 5.13. The van der Waals surface area contributed by atoms with Gasteiger partial charge in [-0.15, -0.1) is 6.58 Å². The fourth-order valence-corrected chi connectivity index (χ4v) is 1.94. The summed E-state index contributed by atoms with van der Waals surface area (Å²) in [6.45, 7) is 4.35. The van der Waals surface area contributed by atoms with Gasteiger partial charge < -0.3 is 14.2 Å². The predicted molar refractivity (Wildman–Crippen MR) is 65.5 cm³/mol. The fraction of sp³-hybridized carbons (Fsp3) is 0.429. The number of methoxy groups -OCH3 is 1. The minimum absolute atomic E-state index is 0.0256. The second kappa shape index (κ2) is 5.96. The minimum atomic E-state index is -0.182. The zero-order valence-electron chi connectivity index (χ0n) is 10.0. The first-order valence-electron chi connectivity index (χ1n) is 5.80. The molecule has 1 heterocycles. The van der Waals surface area contributed by atoms with E-state index in [-0.39, 0.29) is 18.5 Å². The molecule has 1 aliphatic rings. The maximum Gasteiger partial charge on any atom is 0.160 e. The van der Waals surface area contributed by atoms with Crippen LogP contribution in [0.1, 0.15) is 12.0 Å². The highest BCUT2D eigenvalue weighted by atomic mass is 16.7. The van der Waals surface area contributed by atoms with Gasteiger partial charge in [0.05, 0.1) is 12.7 Å². The number of hydrogen-bond acceptors (Lipinski definition) is 3. The Kier molecular flexibility index (Phi) is 4.31. The van der Waals surface area contributed by atoms with Crippen LogP contribution in [0.25, 0.3) is 0 Å². The maximum absolute atomic E-state index is 5.85. The van der Waals surface area contributed by atoms with Gasteiger partial charge in [0.25, 0.3) is 0 Å². The second-order valence-electron chi connectivity index (χ2n) is 4.07. The Morgan fingerprint density at radius 3 is 2.82 bits per heavy atom. The summed E-state index contributed by atoms with van der Waals surface area (Å²) in [6, 6.07) is 10.1. The summed E-state index contributed by atoms with van der Waals surface area (Å²) in [6.07, 6.45) is 2.29. The lowest BCUT2D eigenvalue weighted by molar-refractivity contribution is -0.107. The lowest BCUT2D eigenvalue weighted by Crippen LogP contribution is -2.21. The molecule has 0 unspecified atom stereocenters. The lowest BCUT2D eigenvalue weighted by Gasteiger charge is -2.15. The molecule has 0 spiro atoms. The van der Waals surface area contributed by atoms with Crippen LogP contribution in [0.3, 0.4) is 0 Å². The van der Waals surface area contributed by atoms with Gasteiger partial charge >= 0.3 is 0 Å². The van der Waals surface area contributed by atoms with E-state index in [4.69, 9.17) is 14.2 Å². The highest BCUT2D eigenvalue weighted by Gasteiger charge is 2.34. The van der Waals surface area contributed by atoms with Crippen molar-refractivity contribution >= 4 is 0 Å². The minimum Gasteiger partial charge on any atom is -0.370 e. The summed E-state index contributed by atoms with van der Waals surface area (Å²) < 4.78 is 16.6. The van der Waals surface area contributed by atoms with Crippen molar-refractivity contribution < 1.29 is 14.2 Å². The van der Waals surface area contributed by atoms with Crippen molar-refractivity contribution in [2.75, 3.05) is 7.11 Å². The molecule has 0 amide bonds. The van der Waals surface area contributed by atoms with E-state index >= 15 is 0 Å². The third kappa shape index (κ3) is 3.16. The van der Waals surface area contributed by atoms with Crippen LogP contribution in [0.5, 0.6) is 0 Å². The molecule has 1 aliphatic heterocycles. The zero-order valence-corrected chi connectivity index (χ0v) is 10.0. The molecule has 3 nitrogen and oxygen atoms in total. The van der Waals surface area contributed by atoms with Crippen LogP contribution in [0.2, 0.25) is 0 Å². The fourth-order valence-electron chi connectivity index (χ4n) is 1.94. The molecule has 0 saturated carbocycles. The zero-order chi connectivity index (χ0) is 12.1. The molecule has 1 aromatic rings. The van der Waals surface area contributed by atoms with Gasteiger partial charge in [0.2, 0.25) is 0 Å². The topological polar surface area (TPSA) is 27.7 Å². The molecule has 1 aromatic carbocycles. The molecule has 3 heteroatoms. The SMILES string of the molecule is C=C[C@H]1O[C@@H](OC)C[C@@H]1OCc1ccccc1. The molecule has 0 aliphatic carbocycles. The highest BCUT2D eigenvalue weighted by Crippen LogP contribution is 2.25. The normalized spacial score (nSPS) is 28.2. The first-order valence-corrected chi connectivity index (χ1v) is 5.80. The van der Waals surface area contributed by atoms with Crippen LogP contribution in [-0.4, -0.2) is 25.6 Å². The van der Waals surface area contributed by atoms with Gasteiger partial charge in [-0.2, -0.15) is 0 Å². The number of ether oxygens (including phenoxy) is 3. The third-order valence-electron chi connectivity index (χ3n) is 2.90. The van der Waals surface area contributed by atoms with E-state index < -0.39 is 0 Å². The van der Waals surface area contributed by atoms with E-state index in [9.17, 15) is 0 Å². The maximum atomic E-state index is 5.85. The molecule has 17 heavy (non-hydrogen) atoms. The van der Waals surface area contributed by atoms with Crippen molar-refractivity contribution in [2.24, 2.45) is 0 Å². The Labute approximate surface area is 102 Å². The average molecular weight is 234 g/mol. The average Bonchev–Trinajstić information content (AvgIpc) is 2.80. The van der Waals surface area contributed by atoms with Crippen molar-refractivity contribution in [3.63, 3.8) is 0 Å². The quantitative estimate of drug-likeness (QED) is 0.733. The number of benzene rings is 1. The Morgan fingerprint density at radius 2 is 2.18 bits per heavy atom. The van der Waals surface area contributed by atoms with Gasteiger partial charge in [-0.1, -0.05) is 36.4 Å². The van der Waals surface area contributed by atoms with E-state index in [1.807, 2.05) is 30.3 Å². The van der Waals surface area contributed by atoms with Gasteiger partial charge in [-0.25, -0.2) is 0 Å². The van der Waals surface area contributed by atoms with Gasteiger partial charge in [-0.3, -0.25) is 0 Å². The summed E-state index contributed by atoms with van der Waals surface area (Å²) in [7, 11) is 1.64. The number of rotatable bonds is 5. The predicted octanol–water partition coefficient (Wildman–Crippen LogP) is 2.52. The largest absolute Gasteiger partial charge is 0.370 e. The monoisotopic (exact) mass is 234 g/mol. The number of hydrogen-bond donors (Lipinski definition) is 0. The van der Waals surface area contributed by atoms with Crippen molar-refractivity contribution in [3.8, 4) is 0 Å². The summed E-state index contributed by atoms with van der Waals surface area (Å²) in [5.41, 5.74) is 1.16. The van der Waals surface area contributed by atoms with Crippen LogP contribution in [0.15, 0.2) is 43.0 Å². The molecule has 1 saturated heterocycles. The standard InChI is InChI=1S/C14H18O3/c1-3-12-13(9-14(15-2)17-12)16-10-11-7-5-4-6-8-11/h3-8,12-14H,1,9-10H2,2H3/t12-,13+,14-/m1/s1. The van der Waals surface area contributed by atoms with Gasteiger partial charge in [0.1, 0.15) is 6.10 Å². The lowest BCUT2D eigenvalue weighted by atomic mass is 10.2. The summed E-state index contributed by atoms with van der Waals surface area (Å²) >= 11 is 0. The van der Waals surface area contributed by atoms with Crippen LogP contribution >= 0.6 is 0 Å². The van der Waals surface area contributed by atoms with Crippen LogP contribution in [-0.2, 0) is 20.8 Å². The molecule has 3 atom stereocenters. The Morgan fingerprint density at radius 1 is 1.41 bits per heavy atom. The first kappa shape index (κ1) is 12.3. The molecule has 0 N–H and O–H groups in total. The Balaban J connectivity index is 1.88. The molecular weight excluding hydrogens is 216 g/mol. The summed E-state index contributed by atoms with van der Waals surface area (Å²) in [4.78, 5) is 0. The van der Waals surface area contributed by atoms with E-state index in [1.165, 1.54) is 0 Å². The van der Waals surface area contributed by atoms with Crippen LogP contribution in [0, 0.1) is 0 Å². The molecule has 0 bridgehead atoms. The van der Waals surface area contributed by atoms with Gasteiger partial charge in [0.15, 0.2) is 6.29 Å². The van der Waals surface area contributed by atoms with Crippen molar-refractivity contribution in [1.82, 2.24) is 0 Å². The van der Waals surface area contributed by atoms with Crippen molar-refractivity contribution in [2.45, 2.75) is 31.5 Å². The van der Waals surface area contributed by atoms with Gasteiger partial charge in [-0.05, 0) is 5.56 Å². The van der Waals surface area contributed by atoms with E-state index in [0.29, 0.717) is 6.61 Å². The Hall–Kier alpha value is -1.16. The Bertz CT molecular complexity index is 350. The van der Waals surface area contributed by atoms with Crippen molar-refractivity contribution in [1.29, 1.82) is 0 Å².